The van der Waals surface area contributed by atoms with Crippen molar-refractivity contribution in [3.8, 4) is 0 Å². The van der Waals surface area contributed by atoms with E-state index in [-0.39, 0.29) is 0 Å². The number of halogens is 1. The molecule has 0 bridgehead atoms. The van der Waals surface area contributed by atoms with E-state index in [1.807, 2.05) is 0 Å². The number of anilines is 1. The molecule has 1 unspecified atom stereocenters. The second-order valence-electron chi connectivity index (χ2n) is 5.71. The van der Waals surface area contributed by atoms with Crippen molar-refractivity contribution in [2.45, 2.75) is 45.2 Å². The Balaban J connectivity index is 2.01. The van der Waals surface area contributed by atoms with E-state index in [1.165, 1.54) is 48.0 Å². The van der Waals surface area contributed by atoms with Gasteiger partial charge in [0.05, 0.1) is 12.3 Å². The fourth-order valence-corrected chi connectivity index (χ4v) is 3.70. The Kier molecular flexibility index (Phi) is 7.00. The minimum Gasteiger partial charge on any atom is -0.383 e. The monoisotopic (exact) mass is 354 g/mol. The van der Waals surface area contributed by atoms with Gasteiger partial charge in [0.1, 0.15) is 0 Å². The van der Waals surface area contributed by atoms with E-state index in [1.54, 1.807) is 7.11 Å². The first kappa shape index (κ1) is 16.8. The summed E-state index contributed by atoms with van der Waals surface area (Å²) in [5.41, 5.74) is 2.66. The molecule has 1 atom stereocenters. The van der Waals surface area contributed by atoms with Gasteiger partial charge in [0, 0.05) is 37.3 Å². The summed E-state index contributed by atoms with van der Waals surface area (Å²) in [5, 5.41) is 3.39. The van der Waals surface area contributed by atoms with Crippen molar-refractivity contribution in [2.24, 2.45) is 0 Å². The number of hydrogen-bond donors (Lipinski definition) is 1. The van der Waals surface area contributed by atoms with Gasteiger partial charge in [-0.15, -0.1) is 0 Å². The molecule has 0 aliphatic carbocycles. The van der Waals surface area contributed by atoms with Crippen LogP contribution in [-0.2, 0) is 11.3 Å². The van der Waals surface area contributed by atoms with Gasteiger partial charge in [-0.3, -0.25) is 0 Å². The molecule has 0 aromatic heterocycles. The van der Waals surface area contributed by atoms with Crippen LogP contribution in [0.15, 0.2) is 22.7 Å². The van der Waals surface area contributed by atoms with Gasteiger partial charge in [-0.1, -0.05) is 13.0 Å². The first-order chi connectivity index (χ1) is 10.3. The Bertz CT molecular complexity index is 439. The SMILES string of the molecule is CCC1CCCCN1c1ccc(CNCCOC)cc1Br. The highest BCUT2D eigenvalue weighted by molar-refractivity contribution is 9.10. The summed E-state index contributed by atoms with van der Waals surface area (Å²) in [6, 6.07) is 7.45. The molecule has 2 rings (SSSR count). The molecule has 1 aromatic carbocycles. The number of benzene rings is 1. The van der Waals surface area contributed by atoms with Crippen molar-refractivity contribution in [1.82, 2.24) is 5.32 Å². The van der Waals surface area contributed by atoms with Crippen LogP contribution in [0.2, 0.25) is 0 Å². The zero-order valence-electron chi connectivity index (χ0n) is 13.2. The zero-order chi connectivity index (χ0) is 15.1. The fraction of sp³-hybridized carbons (Fsp3) is 0.647. The number of nitrogens with one attached hydrogen (secondary N) is 1. The largest absolute Gasteiger partial charge is 0.383 e. The third-order valence-electron chi connectivity index (χ3n) is 4.23. The van der Waals surface area contributed by atoms with Crippen LogP contribution in [0, 0.1) is 0 Å². The second kappa shape index (κ2) is 8.76. The summed E-state index contributed by atoms with van der Waals surface area (Å²) < 4.78 is 6.26. The lowest BCUT2D eigenvalue weighted by Crippen LogP contribution is -2.39. The molecule has 118 valence electrons. The lowest BCUT2D eigenvalue weighted by Gasteiger charge is -2.37. The van der Waals surface area contributed by atoms with Gasteiger partial charge in [0.25, 0.3) is 0 Å². The fourth-order valence-electron chi connectivity index (χ4n) is 3.04. The minimum atomic E-state index is 0.695. The maximum absolute atomic E-state index is 5.05. The summed E-state index contributed by atoms with van der Waals surface area (Å²) in [6.07, 6.45) is 5.23. The molecular formula is C17H27BrN2O. The average molecular weight is 355 g/mol. The lowest BCUT2D eigenvalue weighted by atomic mass is 9.99. The standard InChI is InChI=1S/C17H27BrN2O/c1-3-15-6-4-5-10-20(15)17-8-7-14(12-16(17)18)13-19-9-11-21-2/h7-8,12,15,19H,3-6,9-11,13H2,1-2H3. The number of rotatable bonds is 7. The summed E-state index contributed by atoms with van der Waals surface area (Å²) >= 11 is 3.77. The Labute approximate surface area is 137 Å². The molecule has 0 spiro atoms. The number of nitrogens with zero attached hydrogens (tertiary/aromatic N) is 1. The van der Waals surface area contributed by atoms with Crippen LogP contribution in [0.25, 0.3) is 0 Å². The van der Waals surface area contributed by atoms with Crippen LogP contribution in [0.3, 0.4) is 0 Å². The van der Waals surface area contributed by atoms with Crippen molar-refractivity contribution in [3.05, 3.63) is 28.2 Å². The number of ether oxygens (including phenoxy) is 1. The molecular weight excluding hydrogens is 328 g/mol. The van der Waals surface area contributed by atoms with Crippen LogP contribution >= 0.6 is 15.9 Å². The van der Waals surface area contributed by atoms with Crippen LogP contribution < -0.4 is 10.2 Å². The van der Waals surface area contributed by atoms with Crippen LogP contribution in [0.4, 0.5) is 5.69 Å². The highest BCUT2D eigenvalue weighted by atomic mass is 79.9. The highest BCUT2D eigenvalue weighted by Gasteiger charge is 2.22. The van der Waals surface area contributed by atoms with E-state index in [9.17, 15) is 0 Å². The van der Waals surface area contributed by atoms with Crippen molar-refractivity contribution >= 4 is 21.6 Å². The Hall–Kier alpha value is -0.580. The second-order valence-corrected chi connectivity index (χ2v) is 6.56. The molecule has 1 aromatic rings. The molecule has 4 heteroatoms. The maximum atomic E-state index is 5.05. The maximum Gasteiger partial charge on any atom is 0.0587 e. The van der Waals surface area contributed by atoms with Crippen LogP contribution in [0.1, 0.15) is 38.2 Å². The smallest absolute Gasteiger partial charge is 0.0587 e. The Morgan fingerprint density at radius 1 is 1.38 bits per heavy atom. The Morgan fingerprint density at radius 3 is 2.95 bits per heavy atom. The first-order valence-corrected chi connectivity index (χ1v) is 8.80. The van der Waals surface area contributed by atoms with Crippen molar-refractivity contribution < 1.29 is 4.74 Å². The van der Waals surface area contributed by atoms with Crippen molar-refractivity contribution in [2.75, 3.05) is 31.7 Å². The summed E-state index contributed by atoms with van der Waals surface area (Å²) in [6.45, 7) is 6.01. The molecule has 1 saturated heterocycles. The highest BCUT2D eigenvalue weighted by Crippen LogP contribution is 2.33. The molecule has 1 heterocycles. The zero-order valence-corrected chi connectivity index (χ0v) is 14.8. The number of methoxy groups -OCH3 is 1. The Morgan fingerprint density at radius 2 is 2.24 bits per heavy atom. The summed E-state index contributed by atoms with van der Waals surface area (Å²) in [7, 11) is 1.73. The van der Waals surface area contributed by atoms with Gasteiger partial charge in [0.2, 0.25) is 0 Å². The molecule has 0 amide bonds. The number of hydrogen-bond acceptors (Lipinski definition) is 3. The van der Waals surface area contributed by atoms with E-state index >= 15 is 0 Å². The van der Waals surface area contributed by atoms with Gasteiger partial charge >= 0.3 is 0 Å². The van der Waals surface area contributed by atoms with Gasteiger partial charge in [-0.05, 0) is 59.3 Å². The normalized spacial score (nSPS) is 19.0. The molecule has 21 heavy (non-hydrogen) atoms. The summed E-state index contributed by atoms with van der Waals surface area (Å²) in [4.78, 5) is 2.58. The van der Waals surface area contributed by atoms with Crippen molar-refractivity contribution in [1.29, 1.82) is 0 Å². The minimum absolute atomic E-state index is 0.695. The predicted octanol–water partition coefficient (Wildman–Crippen LogP) is 3.95. The van der Waals surface area contributed by atoms with E-state index in [0.29, 0.717) is 6.04 Å². The molecule has 1 fully saturated rings. The molecule has 1 aliphatic heterocycles. The average Bonchev–Trinajstić information content (AvgIpc) is 2.52. The van der Waals surface area contributed by atoms with E-state index in [0.717, 1.165) is 19.7 Å². The van der Waals surface area contributed by atoms with Gasteiger partial charge in [-0.2, -0.15) is 0 Å². The number of piperidine rings is 1. The third-order valence-corrected chi connectivity index (χ3v) is 4.87. The predicted molar refractivity (Wildman–Crippen MR) is 93.0 cm³/mol. The molecule has 1 N–H and O–H groups in total. The molecule has 0 saturated carbocycles. The summed E-state index contributed by atoms with van der Waals surface area (Å²) in [5.74, 6) is 0. The topological polar surface area (TPSA) is 24.5 Å². The van der Waals surface area contributed by atoms with E-state index < -0.39 is 0 Å². The molecule has 0 radical (unpaired) electrons. The first-order valence-electron chi connectivity index (χ1n) is 8.01. The molecule has 3 nitrogen and oxygen atoms in total. The van der Waals surface area contributed by atoms with Crippen LogP contribution in [0.5, 0.6) is 0 Å². The van der Waals surface area contributed by atoms with Gasteiger partial charge < -0.3 is 15.0 Å². The van der Waals surface area contributed by atoms with Gasteiger partial charge in [-0.25, -0.2) is 0 Å². The van der Waals surface area contributed by atoms with Crippen molar-refractivity contribution in [3.63, 3.8) is 0 Å². The lowest BCUT2D eigenvalue weighted by molar-refractivity contribution is 0.199. The van der Waals surface area contributed by atoms with Gasteiger partial charge in [0.15, 0.2) is 0 Å². The quantitative estimate of drug-likeness (QED) is 0.750. The van der Waals surface area contributed by atoms with Crippen LogP contribution in [-0.4, -0.2) is 32.8 Å². The third kappa shape index (κ3) is 4.70. The van der Waals surface area contributed by atoms with E-state index in [4.69, 9.17) is 4.74 Å². The van der Waals surface area contributed by atoms with E-state index in [2.05, 4.69) is 51.3 Å². The molecule has 1 aliphatic rings.